The normalized spacial score (nSPS) is 11.0. The van der Waals surface area contributed by atoms with Crippen molar-refractivity contribution in [3.8, 4) is 16.8 Å². The third-order valence-corrected chi connectivity index (χ3v) is 4.32. The fraction of sp³-hybridized carbons (Fsp3) is 0. The highest BCUT2D eigenvalue weighted by atomic mass is 35.5. The van der Waals surface area contributed by atoms with Gasteiger partial charge in [-0.2, -0.15) is 0 Å². The molecular weight excluding hydrogens is 339 g/mol. The van der Waals surface area contributed by atoms with E-state index in [0.717, 1.165) is 0 Å². The summed E-state index contributed by atoms with van der Waals surface area (Å²) in [5.74, 6) is -0.524. The largest absolute Gasteiger partial charge is 0.276 e. The Morgan fingerprint density at radius 1 is 1.00 bits per heavy atom. The van der Waals surface area contributed by atoms with Gasteiger partial charge in [0.2, 0.25) is 0 Å². The highest BCUT2D eigenvalue weighted by Crippen LogP contribution is 2.27. The number of para-hydroxylation sites is 1. The van der Waals surface area contributed by atoms with E-state index in [-0.39, 0.29) is 10.6 Å². The summed E-state index contributed by atoms with van der Waals surface area (Å²) in [6.45, 7) is 0. The van der Waals surface area contributed by atoms with Gasteiger partial charge in [-0.3, -0.25) is 14.3 Å². The van der Waals surface area contributed by atoms with Gasteiger partial charge in [0.15, 0.2) is 0 Å². The Kier molecular flexibility index (Phi) is 3.82. The predicted octanol–water partition coefficient (Wildman–Crippen LogP) is 4.85. The molecule has 0 atom stereocenters. The first-order chi connectivity index (χ1) is 12.1. The maximum atomic E-state index is 14.0. The number of fused-ring (bicyclic) bond motifs is 1. The lowest BCUT2D eigenvalue weighted by molar-refractivity contribution is 0.630. The van der Waals surface area contributed by atoms with Crippen LogP contribution in [0.2, 0.25) is 5.02 Å². The van der Waals surface area contributed by atoms with E-state index in [0.29, 0.717) is 27.7 Å². The molecule has 0 saturated carbocycles. The maximum Gasteiger partial charge on any atom is 0.263 e. The molecule has 2 aromatic heterocycles. The number of rotatable bonds is 2. The zero-order chi connectivity index (χ0) is 17.4. The van der Waals surface area contributed by atoms with Crippen LogP contribution in [0.1, 0.15) is 0 Å². The van der Waals surface area contributed by atoms with E-state index in [1.54, 1.807) is 35.2 Å². The van der Waals surface area contributed by atoms with Crippen molar-refractivity contribution in [2.45, 2.75) is 0 Å². The standard InChI is InChI=1S/C20H12ClFN2O/c21-17-11-19-14(10-18(17)22)9-16(13-5-4-8-23-12-13)20(25)24(19)15-6-2-1-3-7-15/h1-12H. The molecule has 0 N–H and O–H groups in total. The van der Waals surface area contributed by atoms with Gasteiger partial charge in [-0.1, -0.05) is 35.9 Å². The minimum absolute atomic E-state index is 0.0225. The third kappa shape index (κ3) is 2.71. The average molecular weight is 351 g/mol. The summed E-state index contributed by atoms with van der Waals surface area (Å²) >= 11 is 5.96. The van der Waals surface area contributed by atoms with Crippen LogP contribution in [0.15, 0.2) is 77.9 Å². The fourth-order valence-electron chi connectivity index (χ4n) is 2.87. The Morgan fingerprint density at radius 2 is 1.80 bits per heavy atom. The summed E-state index contributed by atoms with van der Waals surface area (Å²) in [5.41, 5.74) is 2.15. The number of nitrogens with zero attached hydrogens (tertiary/aromatic N) is 2. The van der Waals surface area contributed by atoms with E-state index in [2.05, 4.69) is 4.98 Å². The highest BCUT2D eigenvalue weighted by Gasteiger charge is 2.14. The number of benzene rings is 2. The number of hydrogen-bond acceptors (Lipinski definition) is 2. The van der Waals surface area contributed by atoms with Crippen LogP contribution in [-0.4, -0.2) is 9.55 Å². The lowest BCUT2D eigenvalue weighted by atomic mass is 10.1. The first-order valence-corrected chi connectivity index (χ1v) is 8.03. The van der Waals surface area contributed by atoms with E-state index in [1.807, 2.05) is 30.3 Å². The lowest BCUT2D eigenvalue weighted by Gasteiger charge is -2.14. The quantitative estimate of drug-likeness (QED) is 0.518. The van der Waals surface area contributed by atoms with Crippen LogP contribution in [0.4, 0.5) is 4.39 Å². The number of pyridine rings is 2. The molecule has 4 rings (SSSR count). The third-order valence-electron chi connectivity index (χ3n) is 4.03. The van der Waals surface area contributed by atoms with Crippen molar-refractivity contribution in [2.75, 3.05) is 0 Å². The molecule has 25 heavy (non-hydrogen) atoms. The van der Waals surface area contributed by atoms with Crippen LogP contribution in [0.5, 0.6) is 0 Å². The summed E-state index contributed by atoms with van der Waals surface area (Å²) in [5, 5.41) is 0.565. The van der Waals surface area contributed by atoms with Gasteiger partial charge in [-0.05, 0) is 36.4 Å². The summed E-state index contributed by atoms with van der Waals surface area (Å²) in [6, 6.07) is 17.3. The van der Waals surface area contributed by atoms with Gasteiger partial charge < -0.3 is 0 Å². The van der Waals surface area contributed by atoms with E-state index < -0.39 is 5.82 Å². The molecule has 0 aliphatic rings. The van der Waals surface area contributed by atoms with Crippen molar-refractivity contribution in [3.63, 3.8) is 0 Å². The zero-order valence-corrected chi connectivity index (χ0v) is 13.7. The topological polar surface area (TPSA) is 34.9 Å². The van der Waals surface area contributed by atoms with Gasteiger partial charge in [0.05, 0.1) is 10.5 Å². The molecular formula is C20H12ClFN2O. The van der Waals surface area contributed by atoms with E-state index in [9.17, 15) is 9.18 Å². The first kappa shape index (κ1) is 15.5. The second-order valence-corrected chi connectivity index (χ2v) is 6.01. The van der Waals surface area contributed by atoms with Crippen molar-refractivity contribution in [3.05, 3.63) is 94.3 Å². The van der Waals surface area contributed by atoms with Crippen LogP contribution in [0.3, 0.4) is 0 Å². The molecule has 3 nitrogen and oxygen atoms in total. The summed E-state index contributed by atoms with van der Waals surface area (Å²) < 4.78 is 15.5. The van der Waals surface area contributed by atoms with Gasteiger partial charge in [-0.15, -0.1) is 0 Å². The van der Waals surface area contributed by atoms with Crippen molar-refractivity contribution < 1.29 is 4.39 Å². The predicted molar refractivity (Wildman–Crippen MR) is 97.7 cm³/mol. The van der Waals surface area contributed by atoms with Crippen LogP contribution in [0, 0.1) is 5.82 Å². The number of halogens is 2. The second kappa shape index (κ2) is 6.15. The molecule has 4 aromatic rings. The van der Waals surface area contributed by atoms with Crippen molar-refractivity contribution in [1.29, 1.82) is 0 Å². The highest BCUT2D eigenvalue weighted by molar-refractivity contribution is 6.31. The zero-order valence-electron chi connectivity index (χ0n) is 13.0. The van der Waals surface area contributed by atoms with E-state index in [4.69, 9.17) is 11.6 Å². The second-order valence-electron chi connectivity index (χ2n) is 5.60. The Morgan fingerprint density at radius 3 is 2.52 bits per heavy atom. The monoisotopic (exact) mass is 350 g/mol. The molecule has 2 heterocycles. The smallest absolute Gasteiger partial charge is 0.263 e. The SMILES string of the molecule is O=c1c(-c2cccnc2)cc2cc(F)c(Cl)cc2n1-c1ccccc1. The molecule has 0 radical (unpaired) electrons. The van der Waals surface area contributed by atoms with Gasteiger partial charge in [0, 0.05) is 34.6 Å². The maximum absolute atomic E-state index is 14.0. The Labute approximate surface area is 148 Å². The molecule has 2 aromatic carbocycles. The average Bonchev–Trinajstić information content (AvgIpc) is 2.64. The Balaban J connectivity index is 2.15. The van der Waals surface area contributed by atoms with E-state index >= 15 is 0 Å². The molecule has 0 saturated heterocycles. The first-order valence-electron chi connectivity index (χ1n) is 7.66. The molecule has 122 valence electrons. The molecule has 0 unspecified atom stereocenters. The number of aromatic nitrogens is 2. The van der Waals surface area contributed by atoms with Crippen molar-refractivity contribution in [1.82, 2.24) is 9.55 Å². The molecule has 0 amide bonds. The number of hydrogen-bond donors (Lipinski definition) is 0. The van der Waals surface area contributed by atoms with Crippen molar-refractivity contribution >= 4 is 22.5 Å². The van der Waals surface area contributed by atoms with Crippen LogP contribution >= 0.6 is 11.6 Å². The van der Waals surface area contributed by atoms with Crippen LogP contribution in [0.25, 0.3) is 27.7 Å². The minimum Gasteiger partial charge on any atom is -0.276 e. The van der Waals surface area contributed by atoms with E-state index in [1.165, 1.54) is 12.1 Å². The van der Waals surface area contributed by atoms with Gasteiger partial charge >= 0.3 is 0 Å². The molecule has 0 spiro atoms. The lowest BCUT2D eigenvalue weighted by Crippen LogP contribution is -2.20. The van der Waals surface area contributed by atoms with Crippen LogP contribution in [-0.2, 0) is 0 Å². The molecule has 0 aliphatic carbocycles. The van der Waals surface area contributed by atoms with Crippen LogP contribution < -0.4 is 5.56 Å². The van der Waals surface area contributed by atoms with Gasteiger partial charge in [0.1, 0.15) is 5.82 Å². The summed E-state index contributed by atoms with van der Waals surface area (Å²) in [6.07, 6.45) is 3.25. The van der Waals surface area contributed by atoms with Crippen molar-refractivity contribution in [2.24, 2.45) is 0 Å². The molecule has 5 heteroatoms. The fourth-order valence-corrected chi connectivity index (χ4v) is 3.03. The molecule has 0 aliphatic heterocycles. The Hall–Kier alpha value is -2.98. The van der Waals surface area contributed by atoms with Gasteiger partial charge in [-0.25, -0.2) is 4.39 Å². The summed E-state index contributed by atoms with van der Waals surface area (Å²) in [7, 11) is 0. The minimum atomic E-state index is -0.524. The Bertz CT molecular complexity index is 1130. The molecule has 0 bridgehead atoms. The van der Waals surface area contributed by atoms with Gasteiger partial charge in [0.25, 0.3) is 5.56 Å². The molecule has 0 fully saturated rings. The summed E-state index contributed by atoms with van der Waals surface area (Å²) in [4.78, 5) is 17.3.